The summed E-state index contributed by atoms with van der Waals surface area (Å²) in [7, 11) is 0. The Bertz CT molecular complexity index is 996. The first-order valence-electron chi connectivity index (χ1n) is 8.89. The lowest BCUT2D eigenvalue weighted by atomic mass is 9.75. The molecule has 0 unspecified atom stereocenters. The van der Waals surface area contributed by atoms with Crippen LogP contribution in [-0.2, 0) is 10.2 Å². The number of carbonyl (C=O) groups is 1. The predicted octanol–water partition coefficient (Wildman–Crippen LogP) is 3.54. The zero-order valence-corrected chi connectivity index (χ0v) is 15.5. The summed E-state index contributed by atoms with van der Waals surface area (Å²) in [6, 6.07) is 12.9. The van der Waals surface area contributed by atoms with Crippen molar-refractivity contribution in [2.75, 3.05) is 11.4 Å². The zero-order valence-electron chi connectivity index (χ0n) is 15.5. The lowest BCUT2D eigenvalue weighted by Gasteiger charge is -2.40. The quantitative estimate of drug-likeness (QED) is 0.668. The minimum absolute atomic E-state index is 0.0465. The molecule has 1 atom stereocenters. The maximum absolute atomic E-state index is 12.3. The van der Waals surface area contributed by atoms with E-state index in [9.17, 15) is 14.9 Å². The van der Waals surface area contributed by atoms with Crippen LogP contribution in [0, 0.1) is 17.0 Å². The van der Waals surface area contributed by atoms with Gasteiger partial charge in [0, 0.05) is 17.2 Å². The highest BCUT2D eigenvalue weighted by molar-refractivity contribution is 5.91. The van der Waals surface area contributed by atoms with E-state index in [2.05, 4.69) is 30.1 Å². The summed E-state index contributed by atoms with van der Waals surface area (Å²) in [5, 5.41) is 14.5. The standard InChI is InChI=1S/C21H21N3O3/c1-14-8-9-18-16(12-14)20(2,3)21(22-19(25)13-23(18)21)11-10-15-6-4-5-7-17(15)24(26)27/h4-12H,13H2,1-3H3,(H,22,25)/b11-10+/t21-/m0/s1. The van der Waals surface area contributed by atoms with Gasteiger partial charge in [0.2, 0.25) is 5.91 Å². The fraction of sp³-hybridized carbons (Fsp3) is 0.286. The lowest BCUT2D eigenvalue weighted by molar-refractivity contribution is -0.385. The van der Waals surface area contributed by atoms with Crippen LogP contribution in [-0.4, -0.2) is 23.0 Å². The number of benzene rings is 2. The number of rotatable bonds is 3. The van der Waals surface area contributed by atoms with Crippen molar-refractivity contribution in [3.8, 4) is 0 Å². The van der Waals surface area contributed by atoms with Crippen molar-refractivity contribution in [1.29, 1.82) is 0 Å². The molecule has 1 saturated heterocycles. The maximum atomic E-state index is 12.3. The Labute approximate surface area is 157 Å². The molecule has 1 N–H and O–H groups in total. The van der Waals surface area contributed by atoms with Crippen LogP contribution < -0.4 is 10.2 Å². The first-order valence-corrected chi connectivity index (χ1v) is 8.89. The van der Waals surface area contributed by atoms with Gasteiger partial charge in [-0.25, -0.2) is 0 Å². The molecule has 0 spiro atoms. The number of fused-ring (bicyclic) bond motifs is 3. The second-order valence-electron chi connectivity index (χ2n) is 7.70. The van der Waals surface area contributed by atoms with Crippen molar-refractivity contribution in [3.05, 3.63) is 75.3 Å². The number of nitro groups is 1. The highest BCUT2D eigenvalue weighted by atomic mass is 16.6. The molecule has 0 radical (unpaired) electrons. The lowest BCUT2D eigenvalue weighted by Crippen LogP contribution is -2.58. The van der Waals surface area contributed by atoms with E-state index in [0.29, 0.717) is 5.56 Å². The maximum Gasteiger partial charge on any atom is 0.276 e. The van der Waals surface area contributed by atoms with E-state index in [0.717, 1.165) is 16.8 Å². The van der Waals surface area contributed by atoms with Crippen molar-refractivity contribution in [3.63, 3.8) is 0 Å². The number of hydrogen-bond acceptors (Lipinski definition) is 4. The van der Waals surface area contributed by atoms with Crippen LogP contribution in [0.4, 0.5) is 11.4 Å². The summed E-state index contributed by atoms with van der Waals surface area (Å²) in [4.78, 5) is 25.3. The topological polar surface area (TPSA) is 75.5 Å². The fourth-order valence-electron chi connectivity index (χ4n) is 4.29. The van der Waals surface area contributed by atoms with Crippen LogP contribution in [0.15, 0.2) is 48.5 Å². The summed E-state index contributed by atoms with van der Waals surface area (Å²) in [6.07, 6.45) is 3.65. The zero-order chi connectivity index (χ0) is 19.4. The van der Waals surface area contributed by atoms with Gasteiger partial charge in [0.1, 0.15) is 5.66 Å². The molecule has 0 aromatic heterocycles. The van der Waals surface area contributed by atoms with Gasteiger partial charge in [-0.1, -0.05) is 43.7 Å². The second kappa shape index (κ2) is 5.67. The van der Waals surface area contributed by atoms with E-state index in [4.69, 9.17) is 0 Å². The minimum atomic E-state index is -0.760. The van der Waals surface area contributed by atoms with E-state index in [1.54, 1.807) is 24.3 Å². The van der Waals surface area contributed by atoms with Gasteiger partial charge in [-0.3, -0.25) is 14.9 Å². The van der Waals surface area contributed by atoms with Gasteiger partial charge in [0.25, 0.3) is 5.69 Å². The summed E-state index contributed by atoms with van der Waals surface area (Å²) in [6.45, 7) is 6.51. The molecule has 138 valence electrons. The number of aryl methyl sites for hydroxylation is 1. The van der Waals surface area contributed by atoms with Crippen LogP contribution in [0.25, 0.3) is 6.08 Å². The highest BCUT2D eigenvalue weighted by Gasteiger charge is 2.59. The van der Waals surface area contributed by atoms with E-state index in [1.807, 2.05) is 25.1 Å². The Morgan fingerprint density at radius 1 is 1.22 bits per heavy atom. The molecular formula is C21H21N3O3. The largest absolute Gasteiger partial charge is 0.335 e. The molecule has 2 aliphatic heterocycles. The third-order valence-corrected chi connectivity index (χ3v) is 5.76. The average molecular weight is 363 g/mol. The van der Waals surface area contributed by atoms with Crippen molar-refractivity contribution in [1.82, 2.24) is 5.32 Å². The molecule has 2 aromatic carbocycles. The smallest absolute Gasteiger partial charge is 0.276 e. The van der Waals surface area contributed by atoms with E-state index >= 15 is 0 Å². The van der Waals surface area contributed by atoms with Crippen LogP contribution in [0.1, 0.15) is 30.5 Å². The van der Waals surface area contributed by atoms with Crippen molar-refractivity contribution >= 4 is 23.4 Å². The van der Waals surface area contributed by atoms with E-state index in [-0.39, 0.29) is 23.1 Å². The van der Waals surface area contributed by atoms with Gasteiger partial charge >= 0.3 is 0 Å². The van der Waals surface area contributed by atoms with Crippen LogP contribution in [0.2, 0.25) is 0 Å². The third kappa shape index (κ3) is 2.36. The van der Waals surface area contributed by atoms with Crippen LogP contribution >= 0.6 is 0 Å². The summed E-state index contributed by atoms with van der Waals surface area (Å²) in [5.74, 6) is -0.0542. The first-order chi connectivity index (χ1) is 12.8. The van der Waals surface area contributed by atoms with Crippen LogP contribution in [0.3, 0.4) is 0 Å². The number of nitrogens with zero attached hydrogens (tertiary/aromatic N) is 2. The Morgan fingerprint density at radius 3 is 2.70 bits per heavy atom. The fourth-order valence-corrected chi connectivity index (χ4v) is 4.29. The molecule has 2 aromatic rings. The van der Waals surface area contributed by atoms with Crippen molar-refractivity contribution in [2.45, 2.75) is 31.8 Å². The van der Waals surface area contributed by atoms with Crippen molar-refractivity contribution in [2.24, 2.45) is 0 Å². The normalized spacial score (nSPS) is 22.6. The van der Waals surface area contributed by atoms with Gasteiger partial charge in [0.15, 0.2) is 0 Å². The van der Waals surface area contributed by atoms with E-state index in [1.165, 1.54) is 6.07 Å². The molecule has 6 heteroatoms. The summed E-state index contributed by atoms with van der Waals surface area (Å²) in [5.41, 5.74) is 2.74. The molecule has 6 nitrogen and oxygen atoms in total. The Morgan fingerprint density at radius 2 is 1.96 bits per heavy atom. The monoisotopic (exact) mass is 363 g/mol. The van der Waals surface area contributed by atoms with Gasteiger partial charge in [-0.2, -0.15) is 0 Å². The number of amides is 1. The third-order valence-electron chi connectivity index (χ3n) is 5.76. The Kier molecular flexibility index (Phi) is 3.63. The molecule has 27 heavy (non-hydrogen) atoms. The SMILES string of the molecule is Cc1ccc2c(c1)C(C)(C)[C@@]1(/C=C/c3ccccc3[N+](=O)[O-])NC(=O)CN21. The van der Waals surface area contributed by atoms with Gasteiger partial charge in [0.05, 0.1) is 17.0 Å². The molecule has 0 aliphatic carbocycles. The molecule has 2 heterocycles. The number of nitro benzene ring substituents is 1. The van der Waals surface area contributed by atoms with Gasteiger partial charge in [-0.15, -0.1) is 0 Å². The molecule has 0 bridgehead atoms. The predicted molar refractivity (Wildman–Crippen MR) is 105 cm³/mol. The molecule has 2 aliphatic rings. The van der Waals surface area contributed by atoms with Gasteiger partial charge < -0.3 is 10.2 Å². The summed E-state index contributed by atoms with van der Waals surface area (Å²) < 4.78 is 0. The minimum Gasteiger partial charge on any atom is -0.335 e. The number of anilines is 1. The number of para-hydroxylation sites is 1. The molecule has 1 amide bonds. The number of hydrogen-bond donors (Lipinski definition) is 1. The van der Waals surface area contributed by atoms with Crippen molar-refractivity contribution < 1.29 is 9.72 Å². The highest BCUT2D eigenvalue weighted by Crippen LogP contribution is 2.53. The van der Waals surface area contributed by atoms with Crippen LogP contribution in [0.5, 0.6) is 0 Å². The van der Waals surface area contributed by atoms with Gasteiger partial charge in [-0.05, 0) is 36.8 Å². The molecule has 0 saturated carbocycles. The molecule has 4 rings (SSSR count). The Balaban J connectivity index is 1.86. The second-order valence-corrected chi connectivity index (χ2v) is 7.70. The average Bonchev–Trinajstić information content (AvgIpc) is 3.04. The summed E-state index contributed by atoms with van der Waals surface area (Å²) >= 11 is 0. The molecular weight excluding hydrogens is 342 g/mol. The number of nitrogens with one attached hydrogen (secondary N) is 1. The van der Waals surface area contributed by atoms with E-state index < -0.39 is 11.1 Å². The number of carbonyl (C=O) groups excluding carboxylic acids is 1. The molecule has 1 fully saturated rings. The first kappa shape index (κ1) is 17.3. The Hall–Kier alpha value is -3.15.